The summed E-state index contributed by atoms with van der Waals surface area (Å²) in [6.07, 6.45) is 0. The van der Waals surface area contributed by atoms with Crippen molar-refractivity contribution >= 4 is 18.8 Å². The molecule has 66 valence electrons. The highest BCUT2D eigenvalue weighted by Gasteiger charge is 1.90. The highest BCUT2D eigenvalue weighted by atomic mass is 32.1. The van der Waals surface area contributed by atoms with Gasteiger partial charge in [-0.15, -0.1) is 0 Å². The lowest BCUT2D eigenvalue weighted by Crippen LogP contribution is -2.24. The Labute approximate surface area is 71.9 Å². The Bertz CT molecular complexity index is 110. The molecule has 0 unspecified atom stereocenters. The summed E-state index contributed by atoms with van der Waals surface area (Å²) in [6.45, 7) is 3.49. The van der Waals surface area contributed by atoms with Crippen molar-refractivity contribution < 1.29 is 13.7 Å². The van der Waals surface area contributed by atoms with Gasteiger partial charge in [0.25, 0.3) is 0 Å². The molecular weight excluding hydrogens is 166 g/mol. The fraction of sp³-hybridized carbons (Fsp3) is 0.833. The second-order valence-corrected chi connectivity index (χ2v) is 2.19. The number of thiol groups is 1. The van der Waals surface area contributed by atoms with Gasteiger partial charge in [0.05, 0.1) is 19.8 Å². The molecule has 0 spiro atoms. The largest absolute Gasteiger partial charge is 0.377 e. The topological polar surface area (TPSA) is 47.6 Å². The first-order valence-corrected chi connectivity index (χ1v) is 3.72. The number of rotatable bonds is 6. The van der Waals surface area contributed by atoms with E-state index in [2.05, 4.69) is 22.4 Å². The molecule has 0 fully saturated rings. The van der Waals surface area contributed by atoms with E-state index in [-0.39, 0.29) is 5.91 Å². The van der Waals surface area contributed by atoms with E-state index >= 15 is 0 Å². The highest BCUT2D eigenvalue weighted by Crippen LogP contribution is 1.79. The van der Waals surface area contributed by atoms with Crippen LogP contribution < -0.4 is 5.32 Å². The van der Waals surface area contributed by atoms with Crippen LogP contribution >= 0.6 is 12.9 Å². The van der Waals surface area contributed by atoms with Crippen molar-refractivity contribution in [1.29, 1.82) is 0 Å². The van der Waals surface area contributed by atoms with E-state index in [0.717, 1.165) is 0 Å². The van der Waals surface area contributed by atoms with E-state index in [9.17, 15) is 4.79 Å². The van der Waals surface area contributed by atoms with Crippen LogP contribution in [0.2, 0.25) is 0 Å². The van der Waals surface area contributed by atoms with Gasteiger partial charge in [0, 0.05) is 13.5 Å². The van der Waals surface area contributed by atoms with Crippen LogP contribution in [0.15, 0.2) is 0 Å². The lowest BCUT2D eigenvalue weighted by Gasteiger charge is -2.02. The average molecular weight is 179 g/mol. The maximum Gasteiger partial charge on any atom is 0.216 e. The molecule has 5 heteroatoms. The third kappa shape index (κ3) is 9.74. The van der Waals surface area contributed by atoms with Gasteiger partial charge in [-0.1, -0.05) is 0 Å². The predicted molar refractivity (Wildman–Crippen MR) is 44.4 cm³/mol. The third-order valence-corrected chi connectivity index (χ3v) is 1.12. The standard InChI is InChI=1S/C6H13NO3S/c1-6(8)7-2-3-9-4-5-10-11/h11H,2-5H2,1H3,(H,7,8). The highest BCUT2D eigenvalue weighted by molar-refractivity contribution is 7.75. The number of carbonyl (C=O) groups excluding carboxylic acids is 1. The first kappa shape index (κ1) is 10.7. The normalized spacial score (nSPS) is 9.64. The van der Waals surface area contributed by atoms with E-state index < -0.39 is 0 Å². The van der Waals surface area contributed by atoms with Crippen molar-refractivity contribution in [2.75, 3.05) is 26.4 Å². The van der Waals surface area contributed by atoms with Crippen molar-refractivity contribution in [2.45, 2.75) is 6.92 Å². The van der Waals surface area contributed by atoms with Gasteiger partial charge in [0.2, 0.25) is 5.91 Å². The number of nitrogens with one attached hydrogen (secondary N) is 1. The van der Waals surface area contributed by atoms with Gasteiger partial charge in [0.1, 0.15) is 0 Å². The first-order chi connectivity index (χ1) is 5.27. The zero-order chi connectivity index (χ0) is 8.53. The molecule has 1 amide bonds. The minimum absolute atomic E-state index is 0.0426. The molecule has 0 saturated heterocycles. The first-order valence-electron chi connectivity index (χ1n) is 3.36. The molecule has 0 atom stereocenters. The molecule has 1 N–H and O–H groups in total. The fourth-order valence-electron chi connectivity index (χ4n) is 0.497. The van der Waals surface area contributed by atoms with E-state index in [1.54, 1.807) is 0 Å². The SMILES string of the molecule is CC(=O)NCCOCCOS. The van der Waals surface area contributed by atoms with Gasteiger partial charge < -0.3 is 14.2 Å². The number of amides is 1. The maximum absolute atomic E-state index is 10.3. The number of hydrogen-bond donors (Lipinski definition) is 2. The average Bonchev–Trinajstić information content (AvgIpc) is 1.96. The Morgan fingerprint density at radius 3 is 2.73 bits per heavy atom. The van der Waals surface area contributed by atoms with Crippen molar-refractivity contribution in [2.24, 2.45) is 0 Å². The van der Waals surface area contributed by atoms with Crippen LogP contribution in [-0.4, -0.2) is 32.3 Å². The van der Waals surface area contributed by atoms with E-state index in [0.29, 0.717) is 26.4 Å². The minimum Gasteiger partial charge on any atom is -0.377 e. The monoisotopic (exact) mass is 179 g/mol. The van der Waals surface area contributed by atoms with Crippen LogP contribution in [0.1, 0.15) is 6.92 Å². The molecule has 0 aliphatic carbocycles. The molecule has 0 aromatic rings. The quantitative estimate of drug-likeness (QED) is 0.343. The maximum atomic E-state index is 10.3. The number of carbonyl (C=O) groups is 1. The Kier molecular flexibility index (Phi) is 7.66. The molecule has 0 aliphatic heterocycles. The van der Waals surface area contributed by atoms with Gasteiger partial charge in [-0.3, -0.25) is 4.79 Å². The smallest absolute Gasteiger partial charge is 0.216 e. The molecule has 0 heterocycles. The Morgan fingerprint density at radius 1 is 1.45 bits per heavy atom. The fourth-order valence-corrected chi connectivity index (χ4v) is 0.572. The molecule has 0 aliphatic rings. The summed E-state index contributed by atoms with van der Waals surface area (Å²) in [4.78, 5) is 10.3. The Morgan fingerprint density at radius 2 is 2.18 bits per heavy atom. The van der Waals surface area contributed by atoms with Gasteiger partial charge in [-0.25, -0.2) is 0 Å². The summed E-state index contributed by atoms with van der Waals surface area (Å²) in [5.74, 6) is -0.0426. The lowest BCUT2D eigenvalue weighted by molar-refractivity contribution is -0.119. The molecule has 0 radical (unpaired) electrons. The zero-order valence-electron chi connectivity index (χ0n) is 6.50. The molecule has 0 aromatic heterocycles. The Balaban J connectivity index is 2.85. The molecule has 0 aromatic carbocycles. The molecule has 4 nitrogen and oxygen atoms in total. The van der Waals surface area contributed by atoms with Crippen LogP contribution in [0.3, 0.4) is 0 Å². The number of hydrogen-bond acceptors (Lipinski definition) is 4. The third-order valence-electron chi connectivity index (χ3n) is 0.939. The molecule has 0 bridgehead atoms. The van der Waals surface area contributed by atoms with Crippen molar-refractivity contribution in [1.82, 2.24) is 5.32 Å². The Hall–Kier alpha value is -0.260. The van der Waals surface area contributed by atoms with Crippen molar-refractivity contribution in [3.8, 4) is 0 Å². The molecule has 0 rings (SSSR count). The summed E-state index contributed by atoms with van der Waals surface area (Å²) in [7, 11) is 0. The van der Waals surface area contributed by atoms with Crippen molar-refractivity contribution in [3.63, 3.8) is 0 Å². The van der Waals surface area contributed by atoms with Gasteiger partial charge >= 0.3 is 0 Å². The molecule has 11 heavy (non-hydrogen) atoms. The molecular formula is C6H13NO3S. The lowest BCUT2D eigenvalue weighted by atomic mass is 10.6. The summed E-state index contributed by atoms with van der Waals surface area (Å²) >= 11 is 3.53. The van der Waals surface area contributed by atoms with Gasteiger partial charge in [-0.2, -0.15) is 0 Å². The van der Waals surface area contributed by atoms with Crippen LogP contribution in [0.25, 0.3) is 0 Å². The predicted octanol–water partition coefficient (Wildman–Crippen LogP) is 0.000500. The van der Waals surface area contributed by atoms with E-state index in [4.69, 9.17) is 4.74 Å². The minimum atomic E-state index is -0.0426. The van der Waals surface area contributed by atoms with Crippen LogP contribution in [0.4, 0.5) is 0 Å². The summed E-state index contributed by atoms with van der Waals surface area (Å²) < 4.78 is 9.49. The second kappa shape index (κ2) is 7.84. The summed E-state index contributed by atoms with van der Waals surface area (Å²) in [6, 6.07) is 0. The van der Waals surface area contributed by atoms with E-state index in [1.165, 1.54) is 6.92 Å². The second-order valence-electron chi connectivity index (χ2n) is 1.93. The van der Waals surface area contributed by atoms with Crippen molar-refractivity contribution in [3.05, 3.63) is 0 Å². The van der Waals surface area contributed by atoms with Crippen LogP contribution in [0, 0.1) is 0 Å². The van der Waals surface area contributed by atoms with Crippen LogP contribution in [0.5, 0.6) is 0 Å². The van der Waals surface area contributed by atoms with Crippen LogP contribution in [-0.2, 0) is 13.7 Å². The van der Waals surface area contributed by atoms with Gasteiger partial charge in [0.15, 0.2) is 0 Å². The number of ether oxygens (including phenoxy) is 1. The van der Waals surface area contributed by atoms with E-state index in [1.807, 2.05) is 0 Å². The van der Waals surface area contributed by atoms with Gasteiger partial charge in [-0.05, 0) is 12.9 Å². The molecule has 0 saturated carbocycles. The summed E-state index contributed by atoms with van der Waals surface area (Å²) in [5, 5.41) is 2.60. The summed E-state index contributed by atoms with van der Waals surface area (Å²) in [5.41, 5.74) is 0. The zero-order valence-corrected chi connectivity index (χ0v) is 7.39.